The van der Waals surface area contributed by atoms with E-state index in [1.807, 2.05) is 31.2 Å². The van der Waals surface area contributed by atoms with Gasteiger partial charge in [-0.15, -0.1) is 0 Å². The minimum absolute atomic E-state index is 0.166. The molecule has 196 valence electrons. The van der Waals surface area contributed by atoms with Crippen LogP contribution in [0.3, 0.4) is 0 Å². The molecule has 0 unspecified atom stereocenters. The highest BCUT2D eigenvalue weighted by atomic mass is 35.5. The fourth-order valence-corrected chi connectivity index (χ4v) is 4.84. The van der Waals surface area contributed by atoms with E-state index in [1.54, 1.807) is 43.5 Å². The third-order valence-electron chi connectivity index (χ3n) is 5.56. The minimum atomic E-state index is -0.570. The van der Waals surface area contributed by atoms with Gasteiger partial charge >= 0.3 is 0 Å². The number of carbonyl (C=O) groups is 3. The maximum absolute atomic E-state index is 12.9. The molecule has 0 radical (unpaired) electrons. The number of nitrogens with one attached hydrogen (secondary N) is 1. The van der Waals surface area contributed by atoms with Gasteiger partial charge in [-0.2, -0.15) is 0 Å². The second kappa shape index (κ2) is 12.1. The van der Waals surface area contributed by atoms with Crippen LogP contribution in [0, 0.1) is 6.92 Å². The van der Waals surface area contributed by atoms with Crippen LogP contribution in [0.2, 0.25) is 5.02 Å². The molecule has 3 amide bonds. The Morgan fingerprint density at radius 1 is 1.05 bits per heavy atom. The Morgan fingerprint density at radius 3 is 2.50 bits per heavy atom. The predicted molar refractivity (Wildman–Crippen MR) is 148 cm³/mol. The van der Waals surface area contributed by atoms with E-state index in [2.05, 4.69) is 5.32 Å². The summed E-state index contributed by atoms with van der Waals surface area (Å²) in [4.78, 5) is 38.9. The highest BCUT2D eigenvalue weighted by molar-refractivity contribution is 8.18. The van der Waals surface area contributed by atoms with Crippen LogP contribution in [-0.2, 0) is 16.2 Å². The Balaban J connectivity index is 1.45. The molecule has 0 atom stereocenters. The van der Waals surface area contributed by atoms with E-state index in [1.165, 1.54) is 13.2 Å². The number of hydrogen-bond donors (Lipinski definition) is 1. The molecule has 1 fully saturated rings. The minimum Gasteiger partial charge on any atom is -0.497 e. The largest absolute Gasteiger partial charge is 0.497 e. The average molecular weight is 553 g/mol. The Hall–Kier alpha value is -3.95. The van der Waals surface area contributed by atoms with Gasteiger partial charge in [0.1, 0.15) is 18.9 Å². The van der Waals surface area contributed by atoms with E-state index in [0.717, 1.165) is 27.8 Å². The first-order valence-electron chi connectivity index (χ1n) is 11.5. The maximum atomic E-state index is 12.9. The Bertz CT molecular complexity index is 1410. The molecule has 8 nitrogen and oxygen atoms in total. The highest BCUT2D eigenvalue weighted by Crippen LogP contribution is 2.39. The van der Waals surface area contributed by atoms with Gasteiger partial charge in [-0.3, -0.25) is 19.3 Å². The summed E-state index contributed by atoms with van der Waals surface area (Å²) >= 11 is 7.24. The number of nitrogens with zero attached hydrogens (tertiary/aromatic N) is 1. The van der Waals surface area contributed by atoms with Gasteiger partial charge < -0.3 is 19.5 Å². The van der Waals surface area contributed by atoms with E-state index in [4.69, 9.17) is 25.8 Å². The molecular weight excluding hydrogens is 528 g/mol. The van der Waals surface area contributed by atoms with Gasteiger partial charge in [-0.25, -0.2) is 0 Å². The van der Waals surface area contributed by atoms with Crippen molar-refractivity contribution in [2.75, 3.05) is 26.1 Å². The van der Waals surface area contributed by atoms with Crippen molar-refractivity contribution in [2.24, 2.45) is 0 Å². The van der Waals surface area contributed by atoms with Crippen LogP contribution in [-0.4, -0.2) is 42.7 Å². The highest BCUT2D eigenvalue weighted by Gasteiger charge is 2.36. The molecule has 3 aromatic rings. The quantitative estimate of drug-likeness (QED) is 0.329. The number of halogens is 1. The Labute approximate surface area is 229 Å². The number of imide groups is 1. The number of methoxy groups -OCH3 is 2. The lowest BCUT2D eigenvalue weighted by atomic mass is 10.1. The zero-order valence-electron chi connectivity index (χ0n) is 20.9. The normalized spacial score (nSPS) is 14.1. The number of ether oxygens (including phenoxy) is 3. The first-order valence-corrected chi connectivity index (χ1v) is 12.7. The third kappa shape index (κ3) is 6.48. The zero-order valence-corrected chi connectivity index (χ0v) is 22.5. The van der Waals surface area contributed by atoms with Gasteiger partial charge in [-0.05, 0) is 72.3 Å². The smallest absolute Gasteiger partial charge is 0.294 e. The van der Waals surface area contributed by atoms with Crippen molar-refractivity contribution >= 4 is 52.2 Å². The van der Waals surface area contributed by atoms with E-state index < -0.39 is 23.6 Å². The summed E-state index contributed by atoms with van der Waals surface area (Å²) in [6.07, 6.45) is 1.53. The monoisotopic (exact) mass is 552 g/mol. The lowest BCUT2D eigenvalue weighted by Gasteiger charge is -2.14. The average Bonchev–Trinajstić information content (AvgIpc) is 3.15. The first-order chi connectivity index (χ1) is 18.3. The summed E-state index contributed by atoms with van der Waals surface area (Å²) in [6, 6.07) is 17.9. The summed E-state index contributed by atoms with van der Waals surface area (Å²) in [5, 5.41) is 2.42. The second-order valence-corrected chi connectivity index (χ2v) is 9.76. The molecule has 0 aromatic heterocycles. The molecule has 1 aliphatic heterocycles. The lowest BCUT2D eigenvalue weighted by molar-refractivity contribution is -0.127. The number of hydrogen-bond acceptors (Lipinski definition) is 7. The summed E-state index contributed by atoms with van der Waals surface area (Å²) in [5.41, 5.74) is 3.16. The number of carbonyl (C=O) groups excluding carboxylic acids is 3. The molecule has 4 rings (SSSR count). The number of thioether (sulfide) groups is 1. The van der Waals surface area contributed by atoms with Gasteiger partial charge in [0.15, 0.2) is 11.5 Å². The molecule has 3 aromatic carbocycles. The van der Waals surface area contributed by atoms with Crippen molar-refractivity contribution < 1.29 is 28.6 Å². The van der Waals surface area contributed by atoms with Crippen LogP contribution < -0.4 is 19.5 Å². The van der Waals surface area contributed by atoms with Crippen LogP contribution in [0.15, 0.2) is 65.6 Å². The molecule has 1 N–H and O–H groups in total. The van der Waals surface area contributed by atoms with Crippen molar-refractivity contribution in [3.8, 4) is 17.2 Å². The van der Waals surface area contributed by atoms with Gasteiger partial charge in [-0.1, -0.05) is 41.4 Å². The Morgan fingerprint density at radius 2 is 1.82 bits per heavy atom. The summed E-state index contributed by atoms with van der Waals surface area (Å²) in [5.74, 6) is 0.325. The fourth-order valence-electron chi connectivity index (χ4n) is 3.73. The van der Waals surface area contributed by atoms with Crippen LogP contribution in [0.4, 0.5) is 10.5 Å². The molecule has 10 heteroatoms. The molecule has 1 aliphatic rings. The number of rotatable bonds is 9. The van der Waals surface area contributed by atoms with Gasteiger partial charge in [0.2, 0.25) is 5.91 Å². The zero-order chi connectivity index (χ0) is 27.2. The van der Waals surface area contributed by atoms with Crippen molar-refractivity contribution in [2.45, 2.75) is 13.5 Å². The molecule has 38 heavy (non-hydrogen) atoms. The molecular formula is C28H25ClN2O6S. The lowest BCUT2D eigenvalue weighted by Crippen LogP contribution is -2.36. The topological polar surface area (TPSA) is 94.2 Å². The molecule has 0 aliphatic carbocycles. The van der Waals surface area contributed by atoms with Crippen LogP contribution >= 0.6 is 23.4 Å². The summed E-state index contributed by atoms with van der Waals surface area (Å²) in [6.45, 7) is 1.89. The van der Waals surface area contributed by atoms with E-state index in [9.17, 15) is 14.4 Å². The number of aryl methyl sites for hydroxylation is 1. The second-order valence-electron chi connectivity index (χ2n) is 8.36. The van der Waals surface area contributed by atoms with Crippen LogP contribution in [0.25, 0.3) is 6.08 Å². The molecule has 1 heterocycles. The van der Waals surface area contributed by atoms with Crippen molar-refractivity contribution in [1.82, 2.24) is 4.90 Å². The maximum Gasteiger partial charge on any atom is 0.294 e. The first kappa shape index (κ1) is 27.1. The Kier molecular flexibility index (Phi) is 8.60. The molecule has 1 saturated heterocycles. The van der Waals surface area contributed by atoms with Crippen LogP contribution in [0.5, 0.6) is 17.2 Å². The summed E-state index contributed by atoms with van der Waals surface area (Å²) in [7, 11) is 3.03. The van der Waals surface area contributed by atoms with E-state index in [0.29, 0.717) is 40.1 Å². The number of benzene rings is 3. The van der Waals surface area contributed by atoms with Crippen molar-refractivity contribution in [3.05, 3.63) is 87.3 Å². The van der Waals surface area contributed by atoms with Crippen LogP contribution in [0.1, 0.15) is 16.7 Å². The van der Waals surface area contributed by atoms with E-state index >= 15 is 0 Å². The molecule has 0 spiro atoms. The fraction of sp³-hybridized carbons (Fsp3) is 0.179. The SMILES string of the molecule is COc1ccc(NC(=O)CN2C(=O)S/C(=C/c3cc(Cl)c(OCc4cccc(C)c4)c(OC)c3)C2=O)cc1. The third-order valence-corrected chi connectivity index (χ3v) is 6.75. The van der Waals surface area contributed by atoms with Gasteiger partial charge in [0, 0.05) is 5.69 Å². The number of anilines is 1. The standard InChI is InChI=1S/C28H25ClN2O6S/c1-17-5-4-6-18(11-17)16-37-26-22(29)12-19(13-23(26)36-3)14-24-27(33)31(28(34)38-24)15-25(32)30-20-7-9-21(35-2)10-8-20/h4-14H,15-16H2,1-3H3,(H,30,32)/b24-14+. The van der Waals surface area contributed by atoms with Crippen molar-refractivity contribution in [1.29, 1.82) is 0 Å². The molecule has 0 saturated carbocycles. The van der Waals surface area contributed by atoms with Gasteiger partial charge in [0.25, 0.3) is 11.1 Å². The van der Waals surface area contributed by atoms with E-state index in [-0.39, 0.29) is 4.91 Å². The summed E-state index contributed by atoms with van der Waals surface area (Å²) < 4.78 is 16.5. The number of amides is 3. The molecule has 0 bridgehead atoms. The van der Waals surface area contributed by atoms with Crippen molar-refractivity contribution in [3.63, 3.8) is 0 Å². The van der Waals surface area contributed by atoms with Gasteiger partial charge in [0.05, 0.1) is 24.1 Å². The predicted octanol–water partition coefficient (Wildman–Crippen LogP) is 5.92.